The Morgan fingerprint density at radius 2 is 1.95 bits per heavy atom. The first kappa shape index (κ1) is 13.4. The Hall–Kier alpha value is -2.56. The summed E-state index contributed by atoms with van der Waals surface area (Å²) in [5, 5.41) is 11.4. The van der Waals surface area contributed by atoms with Crippen molar-refractivity contribution in [1.82, 2.24) is 0 Å². The average molecular weight is 285 g/mol. The molecule has 2 aromatic carbocycles. The summed E-state index contributed by atoms with van der Waals surface area (Å²) in [6.07, 6.45) is -0.274. The molecular formula is C16H15NO4. The SMILES string of the molecule is COc1cccc2c1O[C@@H](c1ccccc1)[C@H]([N+](=O)[O-])C2. The number of para-hydroxylation sites is 1. The standard InChI is InChI=1S/C16H15NO4/c1-20-14-9-5-8-12-10-13(17(18)19)15(21-16(12)14)11-6-3-2-4-7-11/h2-9,13,15H,10H2,1H3/t13-,15+/m1/s1. The van der Waals surface area contributed by atoms with Crippen LogP contribution in [0.5, 0.6) is 11.5 Å². The Morgan fingerprint density at radius 3 is 2.62 bits per heavy atom. The average Bonchev–Trinajstić information content (AvgIpc) is 2.53. The van der Waals surface area contributed by atoms with Gasteiger partial charge in [-0.2, -0.15) is 0 Å². The minimum atomic E-state index is -0.799. The quantitative estimate of drug-likeness (QED) is 0.642. The summed E-state index contributed by atoms with van der Waals surface area (Å²) in [7, 11) is 1.57. The van der Waals surface area contributed by atoms with Crippen molar-refractivity contribution in [2.24, 2.45) is 0 Å². The number of hydrogen-bond acceptors (Lipinski definition) is 4. The van der Waals surface area contributed by atoms with Crippen LogP contribution in [0.3, 0.4) is 0 Å². The lowest BCUT2D eigenvalue weighted by Crippen LogP contribution is -2.36. The lowest BCUT2D eigenvalue weighted by molar-refractivity contribution is -0.535. The number of nitro groups is 1. The molecule has 1 aliphatic rings. The summed E-state index contributed by atoms with van der Waals surface area (Å²) in [5.74, 6) is 1.21. The van der Waals surface area contributed by atoms with Crippen molar-refractivity contribution < 1.29 is 14.4 Å². The summed E-state index contributed by atoms with van der Waals surface area (Å²) in [6.45, 7) is 0. The number of hydrogen-bond donors (Lipinski definition) is 0. The van der Waals surface area contributed by atoms with Crippen LogP contribution in [-0.4, -0.2) is 18.1 Å². The van der Waals surface area contributed by atoms with Gasteiger partial charge in [0.25, 0.3) is 6.04 Å². The maximum absolute atomic E-state index is 11.4. The maximum atomic E-state index is 11.4. The highest BCUT2D eigenvalue weighted by Crippen LogP contribution is 2.41. The Balaban J connectivity index is 2.05. The zero-order chi connectivity index (χ0) is 14.8. The van der Waals surface area contributed by atoms with Crippen LogP contribution in [0.2, 0.25) is 0 Å². The molecule has 3 rings (SSSR count). The van der Waals surface area contributed by atoms with Gasteiger partial charge in [0.05, 0.1) is 7.11 Å². The zero-order valence-electron chi connectivity index (χ0n) is 11.6. The molecule has 1 heterocycles. The molecule has 1 aliphatic heterocycles. The van der Waals surface area contributed by atoms with Gasteiger partial charge in [0.15, 0.2) is 17.6 Å². The second-order valence-electron chi connectivity index (χ2n) is 4.95. The van der Waals surface area contributed by atoms with Gasteiger partial charge in [0.2, 0.25) is 0 Å². The van der Waals surface area contributed by atoms with Crippen LogP contribution >= 0.6 is 0 Å². The Bertz CT molecular complexity index is 657. The Kier molecular flexibility index (Phi) is 3.48. The molecule has 5 nitrogen and oxygen atoms in total. The van der Waals surface area contributed by atoms with Crippen molar-refractivity contribution in [3.05, 3.63) is 69.8 Å². The first-order chi connectivity index (χ1) is 10.2. The molecule has 2 aromatic rings. The van der Waals surface area contributed by atoms with Crippen LogP contribution in [0.15, 0.2) is 48.5 Å². The predicted molar refractivity (Wildman–Crippen MR) is 77.3 cm³/mol. The van der Waals surface area contributed by atoms with Gasteiger partial charge >= 0.3 is 0 Å². The molecule has 0 saturated heterocycles. The summed E-state index contributed by atoms with van der Waals surface area (Å²) >= 11 is 0. The van der Waals surface area contributed by atoms with E-state index < -0.39 is 12.1 Å². The minimum absolute atomic E-state index is 0.264. The second-order valence-corrected chi connectivity index (χ2v) is 4.95. The molecule has 0 bridgehead atoms. The predicted octanol–water partition coefficient (Wildman–Crippen LogP) is 3.02. The molecule has 0 fully saturated rings. The molecule has 0 amide bonds. The van der Waals surface area contributed by atoms with Crippen molar-refractivity contribution >= 4 is 0 Å². The molecule has 0 unspecified atom stereocenters. The van der Waals surface area contributed by atoms with Crippen LogP contribution in [0, 0.1) is 10.1 Å². The van der Waals surface area contributed by atoms with Crippen molar-refractivity contribution in [1.29, 1.82) is 0 Å². The molecule has 21 heavy (non-hydrogen) atoms. The third-order valence-corrected chi connectivity index (χ3v) is 3.70. The van der Waals surface area contributed by atoms with Gasteiger partial charge in [0, 0.05) is 16.9 Å². The smallest absolute Gasteiger partial charge is 0.257 e. The van der Waals surface area contributed by atoms with E-state index in [0.29, 0.717) is 17.9 Å². The number of methoxy groups -OCH3 is 1. The van der Waals surface area contributed by atoms with Gasteiger partial charge in [-0.25, -0.2) is 0 Å². The van der Waals surface area contributed by atoms with Crippen molar-refractivity contribution in [3.63, 3.8) is 0 Å². The molecule has 108 valence electrons. The fourth-order valence-corrected chi connectivity index (χ4v) is 2.67. The van der Waals surface area contributed by atoms with Gasteiger partial charge in [-0.3, -0.25) is 10.1 Å². The van der Waals surface area contributed by atoms with Gasteiger partial charge in [-0.15, -0.1) is 0 Å². The highest BCUT2D eigenvalue weighted by atomic mass is 16.6. The Morgan fingerprint density at radius 1 is 1.19 bits per heavy atom. The molecule has 0 aromatic heterocycles. The molecule has 0 N–H and O–H groups in total. The summed E-state index contributed by atoms with van der Waals surface area (Å²) in [4.78, 5) is 11.1. The van der Waals surface area contributed by atoms with Gasteiger partial charge in [0.1, 0.15) is 0 Å². The largest absolute Gasteiger partial charge is 0.493 e. The summed E-state index contributed by atoms with van der Waals surface area (Å²) in [5.41, 5.74) is 1.61. The third-order valence-electron chi connectivity index (χ3n) is 3.70. The van der Waals surface area contributed by atoms with Crippen LogP contribution in [-0.2, 0) is 6.42 Å². The van der Waals surface area contributed by atoms with E-state index in [0.717, 1.165) is 11.1 Å². The van der Waals surface area contributed by atoms with E-state index in [-0.39, 0.29) is 4.92 Å². The van der Waals surface area contributed by atoms with Crippen LogP contribution in [0.4, 0.5) is 0 Å². The van der Waals surface area contributed by atoms with Gasteiger partial charge in [-0.1, -0.05) is 42.5 Å². The van der Waals surface area contributed by atoms with E-state index >= 15 is 0 Å². The van der Waals surface area contributed by atoms with E-state index in [4.69, 9.17) is 9.47 Å². The van der Waals surface area contributed by atoms with Crippen LogP contribution in [0.25, 0.3) is 0 Å². The second kappa shape index (κ2) is 5.44. The monoisotopic (exact) mass is 285 g/mol. The van der Waals surface area contributed by atoms with Crippen molar-refractivity contribution in [3.8, 4) is 11.5 Å². The van der Waals surface area contributed by atoms with Crippen LogP contribution < -0.4 is 9.47 Å². The lowest BCUT2D eigenvalue weighted by atomic mass is 9.93. The highest BCUT2D eigenvalue weighted by molar-refractivity contribution is 5.49. The molecule has 0 aliphatic carbocycles. The van der Waals surface area contributed by atoms with Gasteiger partial charge in [-0.05, 0) is 11.6 Å². The topological polar surface area (TPSA) is 61.6 Å². The normalized spacial score (nSPS) is 20.2. The fourth-order valence-electron chi connectivity index (χ4n) is 2.67. The van der Waals surface area contributed by atoms with Crippen molar-refractivity contribution in [2.75, 3.05) is 7.11 Å². The summed E-state index contributed by atoms with van der Waals surface area (Å²) < 4.78 is 11.2. The van der Waals surface area contributed by atoms with Gasteiger partial charge < -0.3 is 9.47 Å². The van der Waals surface area contributed by atoms with E-state index in [9.17, 15) is 10.1 Å². The van der Waals surface area contributed by atoms with E-state index in [2.05, 4.69) is 0 Å². The fraction of sp³-hybridized carbons (Fsp3) is 0.250. The molecule has 2 atom stereocenters. The number of nitrogens with zero attached hydrogens (tertiary/aromatic N) is 1. The minimum Gasteiger partial charge on any atom is -0.493 e. The first-order valence-corrected chi connectivity index (χ1v) is 6.71. The molecule has 0 saturated carbocycles. The Labute approximate surface area is 122 Å². The molecule has 0 radical (unpaired) electrons. The lowest BCUT2D eigenvalue weighted by Gasteiger charge is -2.29. The molecule has 5 heteroatoms. The zero-order valence-corrected chi connectivity index (χ0v) is 11.6. The number of fused-ring (bicyclic) bond motifs is 1. The van der Waals surface area contributed by atoms with E-state index in [1.807, 2.05) is 42.5 Å². The molecular weight excluding hydrogens is 270 g/mol. The number of rotatable bonds is 3. The summed E-state index contributed by atoms with van der Waals surface area (Å²) in [6, 6.07) is 13.9. The highest BCUT2D eigenvalue weighted by Gasteiger charge is 2.40. The number of ether oxygens (including phenoxy) is 2. The maximum Gasteiger partial charge on any atom is 0.257 e. The number of benzene rings is 2. The van der Waals surface area contributed by atoms with E-state index in [1.165, 1.54) is 0 Å². The van der Waals surface area contributed by atoms with E-state index in [1.54, 1.807) is 13.2 Å². The third kappa shape index (κ3) is 2.42. The first-order valence-electron chi connectivity index (χ1n) is 6.71. The molecule has 0 spiro atoms. The van der Waals surface area contributed by atoms with Crippen molar-refractivity contribution in [2.45, 2.75) is 18.6 Å². The van der Waals surface area contributed by atoms with Crippen LogP contribution in [0.1, 0.15) is 17.2 Å².